The quantitative estimate of drug-likeness (QED) is 0.118. The molecule has 9 nitrogen and oxygen atoms in total. The lowest BCUT2D eigenvalue weighted by atomic mass is 9.98. The van der Waals surface area contributed by atoms with Crippen LogP contribution in [0.25, 0.3) is 11.1 Å². The van der Waals surface area contributed by atoms with E-state index in [0.717, 1.165) is 21.2 Å². The van der Waals surface area contributed by atoms with Crippen molar-refractivity contribution in [1.29, 1.82) is 0 Å². The molecule has 3 aromatic rings. The van der Waals surface area contributed by atoms with Gasteiger partial charge in [-0.3, -0.25) is 4.79 Å². The molecule has 0 bridgehead atoms. The maximum Gasteiger partial charge on any atom is 0.325 e. The fourth-order valence-corrected chi connectivity index (χ4v) is 5.22. The molecule has 1 atom stereocenters. The van der Waals surface area contributed by atoms with Gasteiger partial charge < -0.3 is 38.9 Å². The predicted octanol–water partition coefficient (Wildman–Crippen LogP) is 4.85. The van der Waals surface area contributed by atoms with Crippen molar-refractivity contribution >= 4 is 21.9 Å². The lowest BCUT2D eigenvalue weighted by Gasteiger charge is -2.17. The van der Waals surface area contributed by atoms with Gasteiger partial charge in [0.2, 0.25) is 0 Å². The van der Waals surface area contributed by atoms with Crippen LogP contribution in [0.2, 0.25) is 0 Å². The van der Waals surface area contributed by atoms with Crippen molar-refractivity contribution in [2.75, 3.05) is 67.1 Å². The Bertz CT molecular complexity index is 1240. The van der Waals surface area contributed by atoms with Crippen LogP contribution in [0, 0.1) is 0 Å². The van der Waals surface area contributed by atoms with Gasteiger partial charge in [0.25, 0.3) is 0 Å². The van der Waals surface area contributed by atoms with E-state index >= 15 is 0 Å². The predicted molar refractivity (Wildman–Crippen MR) is 162 cm³/mol. The number of hydrogen-bond donors (Lipinski definition) is 1. The summed E-state index contributed by atoms with van der Waals surface area (Å²) >= 11 is 3.50. The van der Waals surface area contributed by atoms with Gasteiger partial charge in [-0.25, -0.2) is 0 Å². The minimum Gasteiger partial charge on any atom is -0.491 e. The van der Waals surface area contributed by atoms with Crippen molar-refractivity contribution in [3.63, 3.8) is 0 Å². The van der Waals surface area contributed by atoms with Crippen molar-refractivity contribution < 1.29 is 38.0 Å². The van der Waals surface area contributed by atoms with Crippen molar-refractivity contribution in [3.8, 4) is 16.9 Å². The molecule has 0 aromatic heterocycles. The third kappa shape index (κ3) is 8.61. The minimum atomic E-state index is -0.864. The highest BCUT2D eigenvalue weighted by atomic mass is 79.9. The van der Waals surface area contributed by atoms with Crippen LogP contribution in [0.15, 0.2) is 71.2 Å². The number of nitrogens with two attached hydrogens (primary N) is 1. The smallest absolute Gasteiger partial charge is 0.325 e. The molecule has 10 heteroatoms. The van der Waals surface area contributed by atoms with E-state index in [1.807, 2.05) is 42.5 Å². The fraction of sp³-hybridized carbons (Fsp3) is 0.406. The molecule has 0 fully saturated rings. The summed E-state index contributed by atoms with van der Waals surface area (Å²) in [6.07, 6.45) is -0.482. The number of methoxy groups -OCH3 is 2. The number of hydrogen-bond acceptors (Lipinski definition) is 9. The molecule has 3 aromatic carbocycles. The largest absolute Gasteiger partial charge is 0.491 e. The third-order valence-corrected chi connectivity index (χ3v) is 7.57. The SMILES string of the molecule is COC(OC)c1cc(OCCOCCOCCOCC(N)C(=O)OCC2c3ccccc3-c3ccccc32)ccc1Br. The summed E-state index contributed by atoms with van der Waals surface area (Å²) in [4.78, 5) is 12.5. The highest BCUT2D eigenvalue weighted by Gasteiger charge is 2.29. The molecule has 0 saturated heterocycles. The molecule has 0 aliphatic heterocycles. The van der Waals surface area contributed by atoms with Crippen molar-refractivity contribution in [1.82, 2.24) is 0 Å². The molecule has 1 unspecified atom stereocenters. The second-order valence-corrected chi connectivity index (χ2v) is 10.5. The Hall–Kier alpha value is -2.83. The summed E-state index contributed by atoms with van der Waals surface area (Å²) in [5, 5.41) is 0. The molecule has 2 N–H and O–H groups in total. The highest BCUT2D eigenvalue weighted by Crippen LogP contribution is 2.44. The first kappa shape index (κ1) is 32.1. The van der Waals surface area contributed by atoms with Crippen LogP contribution in [-0.4, -0.2) is 79.1 Å². The molecular formula is C32H38BrNO8. The molecule has 1 aliphatic rings. The number of fused-ring (bicyclic) bond motifs is 3. The first-order valence-corrected chi connectivity index (χ1v) is 14.6. The van der Waals surface area contributed by atoms with Crippen molar-refractivity contribution in [2.24, 2.45) is 5.73 Å². The Balaban J connectivity index is 1.03. The lowest BCUT2D eigenvalue weighted by Crippen LogP contribution is -2.37. The number of carbonyl (C=O) groups excluding carboxylic acids is 1. The van der Waals surface area contributed by atoms with Gasteiger partial charge in [-0.05, 0) is 40.5 Å². The summed E-state index contributed by atoms with van der Waals surface area (Å²) in [5.41, 5.74) is 11.5. The van der Waals surface area contributed by atoms with E-state index in [0.29, 0.717) is 45.4 Å². The topological polar surface area (TPSA) is 108 Å². The average Bonchev–Trinajstić information content (AvgIpc) is 3.34. The van der Waals surface area contributed by atoms with Gasteiger partial charge in [-0.15, -0.1) is 0 Å². The molecular weight excluding hydrogens is 606 g/mol. The number of carbonyl (C=O) groups is 1. The number of benzene rings is 3. The Morgan fingerprint density at radius 2 is 1.38 bits per heavy atom. The Morgan fingerprint density at radius 1 is 0.810 bits per heavy atom. The van der Waals surface area contributed by atoms with Gasteiger partial charge in [0, 0.05) is 30.2 Å². The van der Waals surface area contributed by atoms with E-state index in [1.54, 1.807) is 14.2 Å². The first-order chi connectivity index (χ1) is 20.5. The summed E-state index contributed by atoms with van der Waals surface area (Å²) in [7, 11) is 3.16. The molecule has 0 amide bonds. The molecule has 42 heavy (non-hydrogen) atoms. The van der Waals surface area contributed by atoms with Gasteiger partial charge in [0.05, 0.1) is 39.6 Å². The number of ether oxygens (including phenoxy) is 7. The van der Waals surface area contributed by atoms with E-state index in [4.69, 9.17) is 38.9 Å². The Kier molecular flexibility index (Phi) is 12.8. The zero-order chi connectivity index (χ0) is 29.7. The normalized spacial score (nSPS) is 13.2. The van der Waals surface area contributed by atoms with Crippen LogP contribution in [0.4, 0.5) is 0 Å². The lowest BCUT2D eigenvalue weighted by molar-refractivity contribution is -0.147. The molecule has 0 heterocycles. The van der Waals surface area contributed by atoms with E-state index < -0.39 is 18.3 Å². The molecule has 0 spiro atoms. The van der Waals surface area contributed by atoms with E-state index in [2.05, 4.69) is 40.2 Å². The van der Waals surface area contributed by atoms with Gasteiger partial charge in [0.1, 0.15) is 25.0 Å². The summed E-state index contributed by atoms with van der Waals surface area (Å²) in [6, 6.07) is 21.1. The van der Waals surface area contributed by atoms with Crippen LogP contribution in [0.5, 0.6) is 5.75 Å². The van der Waals surface area contributed by atoms with E-state index in [1.165, 1.54) is 11.1 Å². The van der Waals surface area contributed by atoms with Crippen molar-refractivity contribution in [2.45, 2.75) is 18.2 Å². The van der Waals surface area contributed by atoms with Crippen LogP contribution in [0.3, 0.4) is 0 Å². The zero-order valence-electron chi connectivity index (χ0n) is 24.0. The van der Waals surface area contributed by atoms with Crippen LogP contribution < -0.4 is 10.5 Å². The van der Waals surface area contributed by atoms with Crippen LogP contribution in [-0.2, 0) is 33.2 Å². The van der Waals surface area contributed by atoms with Gasteiger partial charge >= 0.3 is 5.97 Å². The number of esters is 1. The summed E-state index contributed by atoms with van der Waals surface area (Å²) < 4.78 is 39.4. The molecule has 4 rings (SSSR count). The first-order valence-electron chi connectivity index (χ1n) is 13.8. The van der Waals surface area contributed by atoms with Gasteiger partial charge in [-0.2, -0.15) is 0 Å². The monoisotopic (exact) mass is 643 g/mol. The van der Waals surface area contributed by atoms with Gasteiger partial charge in [-0.1, -0.05) is 64.5 Å². The van der Waals surface area contributed by atoms with Crippen LogP contribution >= 0.6 is 15.9 Å². The summed E-state index contributed by atoms with van der Waals surface area (Å²) in [5.74, 6) is 0.209. The van der Waals surface area contributed by atoms with Crippen molar-refractivity contribution in [3.05, 3.63) is 87.9 Å². The Labute approximate surface area is 255 Å². The molecule has 0 saturated carbocycles. The van der Waals surface area contributed by atoms with E-state index in [-0.39, 0.29) is 19.1 Å². The van der Waals surface area contributed by atoms with Gasteiger partial charge in [0.15, 0.2) is 6.29 Å². The van der Waals surface area contributed by atoms with Crippen LogP contribution in [0.1, 0.15) is 28.9 Å². The third-order valence-electron chi connectivity index (χ3n) is 6.84. The molecule has 226 valence electrons. The second-order valence-electron chi connectivity index (χ2n) is 9.60. The molecule has 1 aliphatic carbocycles. The summed E-state index contributed by atoms with van der Waals surface area (Å²) in [6.45, 7) is 2.60. The standard InChI is InChI=1S/C32H38BrNO8/c1-36-32(37-2)27-19-22(11-12-29(27)33)41-18-17-39-14-13-38-15-16-40-21-30(34)31(35)42-20-28-25-9-5-3-7-23(25)24-8-4-6-10-26(24)28/h3-12,19,28,30,32H,13-18,20-21,34H2,1-2H3. The Morgan fingerprint density at radius 3 is 2.00 bits per heavy atom. The maximum absolute atomic E-state index is 12.5. The highest BCUT2D eigenvalue weighted by molar-refractivity contribution is 9.10. The van der Waals surface area contributed by atoms with E-state index in [9.17, 15) is 4.79 Å². The zero-order valence-corrected chi connectivity index (χ0v) is 25.5. The maximum atomic E-state index is 12.5. The minimum absolute atomic E-state index is 0.00479. The number of halogens is 1. The second kappa shape index (κ2) is 16.7. The fourth-order valence-electron chi connectivity index (χ4n) is 4.79. The molecule has 0 radical (unpaired) electrons. The average molecular weight is 645 g/mol. The number of rotatable bonds is 18.